The topological polar surface area (TPSA) is 166 Å². The molecule has 114 valence electrons. The molecule has 4 N–H and O–H groups in total. The lowest BCUT2D eigenvalue weighted by atomic mass is 9.99. The monoisotopic (exact) mass is 316 g/mol. The fraction of sp³-hybridized carbons (Fsp3) is 0.300. The van der Waals surface area contributed by atoms with Gasteiger partial charge in [0.1, 0.15) is 11.6 Å². The molecule has 0 aromatic rings. The van der Waals surface area contributed by atoms with Gasteiger partial charge in [0.2, 0.25) is 5.91 Å². The maximum absolute atomic E-state index is 11.4. The van der Waals surface area contributed by atoms with E-state index in [-0.39, 0.29) is 0 Å². The van der Waals surface area contributed by atoms with Crippen LogP contribution >= 0.6 is 0 Å². The van der Waals surface area contributed by atoms with E-state index in [4.69, 9.17) is 16.7 Å². The summed E-state index contributed by atoms with van der Waals surface area (Å²) < 4.78 is 30.5. The maximum Gasteiger partial charge on any atom is 0.406 e. The summed E-state index contributed by atoms with van der Waals surface area (Å²) in [7, 11) is -1.22. The van der Waals surface area contributed by atoms with E-state index in [2.05, 4.69) is 8.37 Å². The molecule has 1 fully saturated rings. The molecule has 1 aliphatic heterocycles. The van der Waals surface area contributed by atoms with Gasteiger partial charge in [0.05, 0.1) is 5.57 Å². The van der Waals surface area contributed by atoms with Crippen molar-refractivity contribution in [2.24, 2.45) is 11.5 Å². The zero-order valence-electron chi connectivity index (χ0n) is 11.1. The number of hydrogen-bond acceptors (Lipinski definition) is 8. The molecule has 0 atom stereocenters. The van der Waals surface area contributed by atoms with Crippen LogP contribution in [0.3, 0.4) is 0 Å². The lowest BCUT2D eigenvalue weighted by Gasteiger charge is -2.35. The summed E-state index contributed by atoms with van der Waals surface area (Å²) in [4.78, 5) is 24.3. The second-order valence-electron chi connectivity index (χ2n) is 4.10. The maximum atomic E-state index is 11.4. The van der Waals surface area contributed by atoms with Crippen LogP contribution < -0.4 is 11.5 Å². The molecule has 1 saturated heterocycles. The number of primary amides is 2. The van der Waals surface area contributed by atoms with Gasteiger partial charge in [0.25, 0.3) is 5.91 Å². The molecule has 1 rings (SSSR count). The molecule has 1 heterocycles. The van der Waals surface area contributed by atoms with Gasteiger partial charge in [-0.2, -0.15) is 22.0 Å². The van der Waals surface area contributed by atoms with Crippen LogP contribution in [0.5, 0.6) is 0 Å². The first-order valence-corrected chi connectivity index (χ1v) is 6.64. The van der Waals surface area contributed by atoms with Crippen molar-refractivity contribution in [3.63, 3.8) is 0 Å². The Hall–Kier alpha value is -2.42. The van der Waals surface area contributed by atoms with Crippen LogP contribution in [0.1, 0.15) is 0 Å². The lowest BCUT2D eigenvalue weighted by Crippen LogP contribution is -2.60. The van der Waals surface area contributed by atoms with Gasteiger partial charge in [0, 0.05) is 14.1 Å². The van der Waals surface area contributed by atoms with Crippen molar-refractivity contribution < 1.29 is 26.4 Å². The SMILES string of the molecule is CN(C)/C=C/C(C(N)=O)=C(/C#N)C1(C(N)=O)OS(=O)(=O)O1. The van der Waals surface area contributed by atoms with Crippen LogP contribution in [-0.2, 0) is 28.4 Å². The van der Waals surface area contributed by atoms with Gasteiger partial charge < -0.3 is 16.4 Å². The van der Waals surface area contributed by atoms with E-state index in [1.807, 2.05) is 0 Å². The zero-order chi connectivity index (χ0) is 16.4. The number of nitriles is 1. The first-order valence-electron chi connectivity index (χ1n) is 5.31. The Kier molecular flexibility index (Phi) is 4.37. The van der Waals surface area contributed by atoms with Gasteiger partial charge in [-0.25, -0.2) is 0 Å². The molecule has 0 unspecified atom stereocenters. The van der Waals surface area contributed by atoms with E-state index in [9.17, 15) is 18.0 Å². The van der Waals surface area contributed by atoms with Crippen LogP contribution in [0.4, 0.5) is 0 Å². The third kappa shape index (κ3) is 3.19. The standard InChI is InChI=1S/C10H12N4O6S/c1-14(2)4-3-6(8(12)15)7(5-11)10(9(13)16)19-21(17,18)20-10/h3-4H,1-2H3,(H2,12,15)(H2,13,16)/b4-3+,7-6+. The minimum atomic E-state index is -4.45. The average Bonchev–Trinajstić information content (AvgIpc) is 2.29. The Labute approximate surface area is 120 Å². The van der Waals surface area contributed by atoms with Crippen molar-refractivity contribution in [2.45, 2.75) is 5.79 Å². The summed E-state index contributed by atoms with van der Waals surface area (Å²) in [5.41, 5.74) is 8.88. The third-order valence-electron chi connectivity index (χ3n) is 2.28. The molecule has 0 aromatic carbocycles. The minimum absolute atomic E-state index is 0.472. The molecule has 1 aliphatic rings. The first-order chi connectivity index (χ1) is 9.55. The van der Waals surface area contributed by atoms with E-state index in [0.717, 1.165) is 6.08 Å². The second kappa shape index (κ2) is 5.52. The van der Waals surface area contributed by atoms with Gasteiger partial charge in [-0.3, -0.25) is 9.59 Å². The van der Waals surface area contributed by atoms with Crippen molar-refractivity contribution in [1.29, 1.82) is 5.26 Å². The predicted octanol–water partition coefficient (Wildman–Crippen LogP) is -2.16. The van der Waals surface area contributed by atoms with Gasteiger partial charge in [0.15, 0.2) is 0 Å². The molecule has 0 spiro atoms. The van der Waals surface area contributed by atoms with Crippen molar-refractivity contribution in [3.05, 3.63) is 23.4 Å². The van der Waals surface area contributed by atoms with E-state index in [0.29, 0.717) is 0 Å². The van der Waals surface area contributed by atoms with Crippen LogP contribution in [0, 0.1) is 11.3 Å². The van der Waals surface area contributed by atoms with Gasteiger partial charge in [-0.1, -0.05) is 0 Å². The molecule has 0 bridgehead atoms. The number of nitrogens with zero attached hydrogens (tertiary/aromatic N) is 2. The Balaban J connectivity index is 3.49. The number of amides is 2. The highest BCUT2D eigenvalue weighted by Crippen LogP contribution is 2.38. The number of carbonyl (C=O) groups is 2. The highest BCUT2D eigenvalue weighted by molar-refractivity contribution is 7.83. The highest BCUT2D eigenvalue weighted by atomic mass is 32.3. The molecule has 2 amide bonds. The molecular weight excluding hydrogens is 304 g/mol. The first kappa shape index (κ1) is 16.6. The van der Waals surface area contributed by atoms with E-state index in [1.54, 1.807) is 14.1 Å². The molecule has 0 aromatic heterocycles. The summed E-state index contributed by atoms with van der Waals surface area (Å²) in [6.07, 6.45) is 2.45. The quantitative estimate of drug-likeness (QED) is 0.328. The van der Waals surface area contributed by atoms with Crippen molar-refractivity contribution in [2.75, 3.05) is 14.1 Å². The van der Waals surface area contributed by atoms with Crippen molar-refractivity contribution >= 4 is 22.2 Å². The molecule has 10 nitrogen and oxygen atoms in total. The summed E-state index contributed by atoms with van der Waals surface area (Å²) in [5, 5.41) is 9.10. The van der Waals surface area contributed by atoms with Crippen LogP contribution in [-0.4, -0.2) is 45.0 Å². The summed E-state index contributed by atoms with van der Waals surface area (Å²) in [6, 6.07) is 1.46. The van der Waals surface area contributed by atoms with Gasteiger partial charge in [-0.05, 0) is 12.3 Å². The van der Waals surface area contributed by atoms with Gasteiger partial charge >= 0.3 is 16.2 Å². The smallest absolute Gasteiger partial charge is 0.383 e. The number of nitrogens with two attached hydrogens (primary N) is 2. The van der Waals surface area contributed by atoms with E-state index in [1.165, 1.54) is 17.2 Å². The van der Waals surface area contributed by atoms with Crippen LogP contribution in [0.15, 0.2) is 23.4 Å². The zero-order valence-corrected chi connectivity index (χ0v) is 11.9. The fourth-order valence-corrected chi connectivity index (χ4v) is 2.32. The summed E-state index contributed by atoms with van der Waals surface area (Å²) in [6.45, 7) is 0. The van der Waals surface area contributed by atoms with Crippen LogP contribution in [0.25, 0.3) is 0 Å². The lowest BCUT2D eigenvalue weighted by molar-refractivity contribution is -0.178. The summed E-state index contributed by atoms with van der Waals surface area (Å²) >= 11 is 0. The molecule has 0 radical (unpaired) electrons. The number of carbonyl (C=O) groups excluding carboxylic acids is 2. The summed E-state index contributed by atoms with van der Waals surface area (Å²) in [5.74, 6) is -5.19. The van der Waals surface area contributed by atoms with E-state index < -0.39 is 39.1 Å². The fourth-order valence-electron chi connectivity index (χ4n) is 1.41. The van der Waals surface area contributed by atoms with Crippen molar-refractivity contribution in [1.82, 2.24) is 4.90 Å². The average molecular weight is 316 g/mol. The van der Waals surface area contributed by atoms with E-state index >= 15 is 0 Å². The Morgan fingerprint density at radius 2 is 1.81 bits per heavy atom. The largest absolute Gasteiger partial charge is 0.406 e. The van der Waals surface area contributed by atoms with Gasteiger partial charge in [-0.15, -0.1) is 0 Å². The Morgan fingerprint density at radius 1 is 1.29 bits per heavy atom. The number of rotatable bonds is 5. The molecular formula is C10H12N4O6S. The predicted molar refractivity (Wildman–Crippen MR) is 67.7 cm³/mol. The Bertz CT molecular complexity index is 673. The Morgan fingerprint density at radius 3 is 2.10 bits per heavy atom. The normalized spacial score (nSPS) is 20.0. The molecule has 0 aliphatic carbocycles. The second-order valence-corrected chi connectivity index (χ2v) is 5.25. The minimum Gasteiger partial charge on any atom is -0.383 e. The van der Waals surface area contributed by atoms with Crippen LogP contribution in [0.2, 0.25) is 0 Å². The number of hydrogen-bond donors (Lipinski definition) is 2. The molecule has 0 saturated carbocycles. The third-order valence-corrected chi connectivity index (χ3v) is 3.16. The molecule has 21 heavy (non-hydrogen) atoms. The highest BCUT2D eigenvalue weighted by Gasteiger charge is 2.61. The van der Waals surface area contributed by atoms with Crippen molar-refractivity contribution in [3.8, 4) is 6.07 Å². The molecule has 11 heteroatoms.